The molecule has 0 saturated heterocycles. The zero-order chi connectivity index (χ0) is 20.8. The molecular weight excluding hydrogens is 388 g/mol. The number of carbonyl (C=O) groups excluding carboxylic acids is 1. The number of tetrazole rings is 1. The summed E-state index contributed by atoms with van der Waals surface area (Å²) in [5.41, 5.74) is 8.43. The van der Waals surface area contributed by atoms with Crippen LogP contribution in [0.25, 0.3) is 5.69 Å². The summed E-state index contributed by atoms with van der Waals surface area (Å²) in [7, 11) is 3.60. The topological polar surface area (TPSA) is 118 Å². The number of ether oxygens (including phenoxy) is 3. The Balaban J connectivity index is 1.72. The number of nitrogens with zero attached hydrogens (tertiary/aromatic N) is 5. The van der Waals surface area contributed by atoms with Crippen molar-refractivity contribution in [2.24, 2.45) is 5.73 Å². The van der Waals surface area contributed by atoms with Crippen molar-refractivity contribution < 1.29 is 19.0 Å². The lowest BCUT2D eigenvalue weighted by Gasteiger charge is -2.34. The molecule has 30 heavy (non-hydrogen) atoms. The molecule has 0 saturated carbocycles. The third kappa shape index (κ3) is 2.68. The summed E-state index contributed by atoms with van der Waals surface area (Å²) in [4.78, 5) is 14.1. The Morgan fingerprint density at radius 3 is 2.93 bits per heavy atom. The number of hydrogen-bond acceptors (Lipinski definition) is 8. The average Bonchev–Trinajstić information content (AvgIpc) is 3.41. The third-order valence-electron chi connectivity index (χ3n) is 5.53. The highest BCUT2D eigenvalue weighted by Crippen LogP contribution is 2.50. The van der Waals surface area contributed by atoms with Crippen LogP contribution in [0.3, 0.4) is 0 Å². The lowest BCUT2D eigenvalue weighted by Crippen LogP contribution is -2.35. The van der Waals surface area contributed by atoms with E-state index in [1.165, 1.54) is 0 Å². The minimum atomic E-state index is -0.551. The average molecular weight is 408 g/mol. The van der Waals surface area contributed by atoms with Crippen LogP contribution in [0.15, 0.2) is 30.3 Å². The summed E-state index contributed by atoms with van der Waals surface area (Å²) < 4.78 is 18.6. The molecule has 0 radical (unpaired) electrons. The molecule has 1 atom stereocenters. The van der Waals surface area contributed by atoms with Crippen molar-refractivity contribution in [3.63, 3.8) is 0 Å². The zero-order valence-electron chi connectivity index (χ0n) is 16.5. The van der Waals surface area contributed by atoms with E-state index in [4.69, 9.17) is 19.9 Å². The van der Waals surface area contributed by atoms with Gasteiger partial charge in [0, 0.05) is 12.1 Å². The largest absolute Gasteiger partial charge is 0.492 e. The number of likely N-dealkylation sites (N-methyl/N-ethyl adjacent to an activating group) is 1. The van der Waals surface area contributed by atoms with Crippen LogP contribution in [0, 0.1) is 0 Å². The first-order chi connectivity index (χ1) is 14.6. The van der Waals surface area contributed by atoms with E-state index in [9.17, 15) is 4.79 Å². The smallest absolute Gasteiger partial charge is 0.250 e. The molecule has 1 amide bonds. The Hall–Kier alpha value is -3.66. The standard InChI is InChI=1S/C20H20N6O4/c1-25-8-7-11-9-14-17(30-10-29-14)18(28-2)15(11)16(25)20-22-23-24-26(20)13-6-4-3-5-12(13)19(21)27/h3-6,9,16H,7-8,10H2,1-2H3,(H2,21,27)/t16-/m1/s1. The van der Waals surface area contributed by atoms with E-state index < -0.39 is 5.91 Å². The van der Waals surface area contributed by atoms with Crippen LogP contribution in [-0.2, 0) is 6.42 Å². The maximum atomic E-state index is 12.0. The molecule has 2 aromatic carbocycles. The predicted octanol–water partition coefficient (Wildman–Crippen LogP) is 1.08. The molecule has 2 N–H and O–H groups in total. The first-order valence-electron chi connectivity index (χ1n) is 9.47. The molecule has 0 aliphatic carbocycles. The van der Waals surface area contributed by atoms with E-state index in [1.807, 2.05) is 19.2 Å². The maximum Gasteiger partial charge on any atom is 0.250 e. The molecule has 1 aromatic heterocycles. The molecule has 3 aromatic rings. The highest BCUT2D eigenvalue weighted by atomic mass is 16.7. The zero-order valence-corrected chi connectivity index (χ0v) is 16.5. The predicted molar refractivity (Wildman–Crippen MR) is 105 cm³/mol. The van der Waals surface area contributed by atoms with Crippen LogP contribution in [0.1, 0.15) is 33.4 Å². The minimum absolute atomic E-state index is 0.152. The number of fused-ring (bicyclic) bond motifs is 2. The van der Waals surface area contributed by atoms with Gasteiger partial charge in [-0.25, -0.2) is 0 Å². The van der Waals surface area contributed by atoms with Crippen LogP contribution < -0.4 is 19.9 Å². The molecule has 0 fully saturated rings. The summed E-state index contributed by atoms with van der Waals surface area (Å²) in [6.07, 6.45) is 0.814. The van der Waals surface area contributed by atoms with Gasteiger partial charge in [-0.05, 0) is 47.7 Å². The fourth-order valence-electron chi connectivity index (χ4n) is 4.16. The van der Waals surface area contributed by atoms with E-state index in [2.05, 4.69) is 20.4 Å². The van der Waals surface area contributed by atoms with Gasteiger partial charge in [-0.3, -0.25) is 9.69 Å². The maximum absolute atomic E-state index is 12.0. The summed E-state index contributed by atoms with van der Waals surface area (Å²) in [5, 5.41) is 12.4. The van der Waals surface area contributed by atoms with Crippen LogP contribution in [0.2, 0.25) is 0 Å². The fourth-order valence-corrected chi connectivity index (χ4v) is 4.16. The molecule has 2 aliphatic rings. The summed E-state index contributed by atoms with van der Waals surface area (Å²) in [6.45, 7) is 0.934. The second-order valence-electron chi connectivity index (χ2n) is 7.18. The van der Waals surface area contributed by atoms with E-state index in [-0.39, 0.29) is 12.8 Å². The normalized spacial score (nSPS) is 17.6. The van der Waals surface area contributed by atoms with Crippen LogP contribution in [0.5, 0.6) is 17.2 Å². The molecule has 5 rings (SSSR count). The Morgan fingerprint density at radius 2 is 2.13 bits per heavy atom. The van der Waals surface area contributed by atoms with Crippen molar-refractivity contribution in [2.45, 2.75) is 12.5 Å². The van der Waals surface area contributed by atoms with E-state index in [1.54, 1.807) is 30.0 Å². The van der Waals surface area contributed by atoms with Gasteiger partial charge < -0.3 is 19.9 Å². The number of benzene rings is 2. The van der Waals surface area contributed by atoms with Gasteiger partial charge in [0.2, 0.25) is 12.5 Å². The third-order valence-corrected chi connectivity index (χ3v) is 5.53. The van der Waals surface area contributed by atoms with E-state index >= 15 is 0 Å². The number of rotatable bonds is 4. The summed E-state index contributed by atoms with van der Waals surface area (Å²) in [5.74, 6) is 1.85. The van der Waals surface area contributed by atoms with Crippen molar-refractivity contribution in [1.82, 2.24) is 25.1 Å². The molecule has 3 heterocycles. The first-order valence-corrected chi connectivity index (χ1v) is 9.47. The van der Waals surface area contributed by atoms with Gasteiger partial charge in [0.25, 0.3) is 5.91 Å². The Bertz CT molecular complexity index is 1140. The lowest BCUT2D eigenvalue weighted by atomic mass is 9.90. The Morgan fingerprint density at radius 1 is 1.30 bits per heavy atom. The van der Waals surface area contributed by atoms with E-state index in [0.717, 1.165) is 24.1 Å². The van der Waals surface area contributed by atoms with Crippen molar-refractivity contribution >= 4 is 5.91 Å². The number of para-hydroxylation sites is 1. The monoisotopic (exact) mass is 408 g/mol. The summed E-state index contributed by atoms with van der Waals surface area (Å²) >= 11 is 0. The second kappa shape index (κ2) is 6.99. The molecule has 10 nitrogen and oxygen atoms in total. The number of nitrogens with two attached hydrogens (primary N) is 1. The van der Waals surface area contributed by atoms with Gasteiger partial charge in [0.15, 0.2) is 17.3 Å². The molecule has 0 spiro atoms. The number of primary amides is 1. The molecule has 2 aliphatic heterocycles. The molecule has 10 heteroatoms. The Kier molecular flexibility index (Phi) is 4.28. The minimum Gasteiger partial charge on any atom is -0.492 e. The van der Waals surface area contributed by atoms with Crippen LogP contribution >= 0.6 is 0 Å². The quantitative estimate of drug-likeness (QED) is 0.681. The molecule has 154 valence electrons. The molecular formula is C20H20N6O4. The number of methoxy groups -OCH3 is 1. The van der Waals surface area contributed by atoms with Crippen LogP contribution in [0.4, 0.5) is 0 Å². The van der Waals surface area contributed by atoms with Gasteiger partial charge in [-0.2, -0.15) is 4.68 Å². The number of aromatic nitrogens is 4. The Labute approximate surface area is 172 Å². The molecule has 0 unspecified atom stereocenters. The van der Waals surface area contributed by atoms with E-state index in [0.29, 0.717) is 34.3 Å². The van der Waals surface area contributed by atoms with Gasteiger partial charge in [0.1, 0.15) is 6.04 Å². The van der Waals surface area contributed by atoms with Crippen molar-refractivity contribution in [3.8, 4) is 22.9 Å². The highest BCUT2D eigenvalue weighted by Gasteiger charge is 2.38. The number of hydrogen-bond donors (Lipinski definition) is 1. The van der Waals surface area contributed by atoms with Crippen molar-refractivity contribution in [2.75, 3.05) is 27.5 Å². The number of carbonyl (C=O) groups is 1. The van der Waals surface area contributed by atoms with Gasteiger partial charge in [-0.15, -0.1) is 5.10 Å². The van der Waals surface area contributed by atoms with Crippen molar-refractivity contribution in [3.05, 3.63) is 52.8 Å². The van der Waals surface area contributed by atoms with Gasteiger partial charge in [-0.1, -0.05) is 12.1 Å². The SMILES string of the molecule is COc1c2c(cc3c1[C@H](c1nnnn1-c1ccccc1C(N)=O)N(C)CC3)OCO2. The molecule has 0 bridgehead atoms. The van der Waals surface area contributed by atoms with Crippen LogP contribution in [-0.4, -0.2) is 58.5 Å². The summed E-state index contributed by atoms with van der Waals surface area (Å²) in [6, 6.07) is 8.64. The number of amides is 1. The highest BCUT2D eigenvalue weighted by molar-refractivity contribution is 5.96. The lowest BCUT2D eigenvalue weighted by molar-refractivity contribution is 0.1000. The first kappa shape index (κ1) is 18.4. The van der Waals surface area contributed by atoms with Gasteiger partial charge in [0.05, 0.1) is 18.4 Å². The second-order valence-corrected chi connectivity index (χ2v) is 7.18. The van der Waals surface area contributed by atoms with Gasteiger partial charge >= 0.3 is 0 Å². The fraction of sp³-hybridized carbons (Fsp3) is 0.300. The van der Waals surface area contributed by atoms with Crippen molar-refractivity contribution in [1.29, 1.82) is 0 Å².